The highest BCUT2D eigenvalue weighted by molar-refractivity contribution is 6.30. The van der Waals surface area contributed by atoms with Crippen LogP contribution in [0.25, 0.3) is 0 Å². The molecule has 1 aromatic carbocycles. The van der Waals surface area contributed by atoms with Crippen molar-refractivity contribution in [1.82, 2.24) is 0 Å². The lowest BCUT2D eigenvalue weighted by molar-refractivity contribution is 0.0604. The van der Waals surface area contributed by atoms with Crippen LogP contribution in [0.4, 0.5) is 0 Å². The molecule has 0 aromatic heterocycles. The predicted molar refractivity (Wildman–Crippen MR) is 55.7 cm³/mol. The molecule has 0 radical (unpaired) electrons. The largest absolute Gasteiger partial charge is 0.488 e. The molecular formula is C11H13ClO2. The van der Waals surface area contributed by atoms with Gasteiger partial charge in [-0.2, -0.15) is 0 Å². The fraction of sp³-hybridized carbons (Fsp3) is 0.455. The van der Waals surface area contributed by atoms with Crippen molar-refractivity contribution in [2.45, 2.75) is 31.5 Å². The second kappa shape index (κ2) is 4.20. The third-order valence-electron chi connectivity index (χ3n) is 2.52. The maximum Gasteiger partial charge on any atom is 0.124 e. The van der Waals surface area contributed by atoms with Crippen LogP contribution in [0.5, 0.6) is 5.75 Å². The van der Waals surface area contributed by atoms with Gasteiger partial charge in [0.1, 0.15) is 11.9 Å². The Hall–Kier alpha value is -0.730. The highest BCUT2D eigenvalue weighted by Crippen LogP contribution is 2.25. The maximum absolute atomic E-state index is 9.55. The molecule has 2 nitrogen and oxygen atoms in total. The quantitative estimate of drug-likeness (QED) is 0.817. The molecule has 14 heavy (non-hydrogen) atoms. The Bertz CT molecular complexity index is 297. The summed E-state index contributed by atoms with van der Waals surface area (Å²) >= 11 is 5.75. The lowest BCUT2D eigenvalue weighted by Crippen LogP contribution is -2.25. The molecule has 0 unspecified atom stereocenters. The zero-order valence-electron chi connectivity index (χ0n) is 7.82. The lowest BCUT2D eigenvalue weighted by atomic mass is 10.2. The molecule has 1 aromatic rings. The van der Waals surface area contributed by atoms with Gasteiger partial charge in [-0.3, -0.25) is 0 Å². The maximum atomic E-state index is 9.55. The molecule has 2 atom stereocenters. The number of benzene rings is 1. The van der Waals surface area contributed by atoms with Crippen molar-refractivity contribution in [3.63, 3.8) is 0 Å². The van der Waals surface area contributed by atoms with Gasteiger partial charge in [-0.1, -0.05) is 11.6 Å². The summed E-state index contributed by atoms with van der Waals surface area (Å²) in [5.41, 5.74) is 0. The number of hydrogen-bond acceptors (Lipinski definition) is 2. The van der Waals surface area contributed by atoms with E-state index in [9.17, 15) is 5.11 Å². The molecule has 0 saturated heterocycles. The van der Waals surface area contributed by atoms with Gasteiger partial charge in [0, 0.05) is 5.02 Å². The number of ether oxygens (including phenoxy) is 1. The fourth-order valence-electron chi connectivity index (χ4n) is 1.73. The Morgan fingerprint density at radius 2 is 1.93 bits per heavy atom. The van der Waals surface area contributed by atoms with Crippen molar-refractivity contribution in [2.75, 3.05) is 0 Å². The van der Waals surface area contributed by atoms with Gasteiger partial charge in [-0.05, 0) is 43.5 Å². The van der Waals surface area contributed by atoms with Gasteiger partial charge in [-0.25, -0.2) is 0 Å². The Labute approximate surface area is 88.5 Å². The van der Waals surface area contributed by atoms with E-state index in [1.54, 1.807) is 12.1 Å². The Morgan fingerprint density at radius 3 is 2.50 bits per heavy atom. The van der Waals surface area contributed by atoms with E-state index >= 15 is 0 Å². The van der Waals surface area contributed by atoms with Crippen LogP contribution in [0.3, 0.4) is 0 Å². The Balaban J connectivity index is 2.00. The summed E-state index contributed by atoms with van der Waals surface area (Å²) in [5.74, 6) is 0.778. The highest BCUT2D eigenvalue weighted by atomic mass is 35.5. The first-order valence-electron chi connectivity index (χ1n) is 4.86. The number of rotatable bonds is 2. The summed E-state index contributed by atoms with van der Waals surface area (Å²) in [4.78, 5) is 0. The summed E-state index contributed by atoms with van der Waals surface area (Å²) < 4.78 is 5.63. The topological polar surface area (TPSA) is 29.5 Å². The van der Waals surface area contributed by atoms with E-state index in [4.69, 9.17) is 16.3 Å². The van der Waals surface area contributed by atoms with Crippen LogP contribution in [-0.4, -0.2) is 17.3 Å². The number of halogens is 1. The van der Waals surface area contributed by atoms with Gasteiger partial charge >= 0.3 is 0 Å². The first kappa shape index (κ1) is 9.81. The zero-order valence-corrected chi connectivity index (χ0v) is 8.57. The van der Waals surface area contributed by atoms with Crippen molar-refractivity contribution in [1.29, 1.82) is 0 Å². The van der Waals surface area contributed by atoms with Crippen molar-refractivity contribution < 1.29 is 9.84 Å². The van der Waals surface area contributed by atoms with E-state index < -0.39 is 0 Å². The van der Waals surface area contributed by atoms with Crippen LogP contribution in [0.2, 0.25) is 5.02 Å². The van der Waals surface area contributed by atoms with E-state index in [-0.39, 0.29) is 12.2 Å². The molecule has 0 heterocycles. The molecule has 1 N–H and O–H groups in total. The molecule has 0 spiro atoms. The third kappa shape index (κ3) is 2.20. The average Bonchev–Trinajstić information content (AvgIpc) is 2.56. The number of aliphatic hydroxyl groups is 1. The van der Waals surface area contributed by atoms with E-state index in [0.717, 1.165) is 25.0 Å². The van der Waals surface area contributed by atoms with Crippen LogP contribution in [0.15, 0.2) is 24.3 Å². The monoisotopic (exact) mass is 212 g/mol. The van der Waals surface area contributed by atoms with E-state index in [1.807, 2.05) is 12.1 Å². The summed E-state index contributed by atoms with van der Waals surface area (Å²) in [6, 6.07) is 7.23. The molecule has 1 aliphatic rings. The van der Waals surface area contributed by atoms with Crippen molar-refractivity contribution >= 4 is 11.6 Å². The zero-order chi connectivity index (χ0) is 9.97. The van der Waals surface area contributed by atoms with Gasteiger partial charge < -0.3 is 9.84 Å². The Kier molecular flexibility index (Phi) is 2.94. The molecule has 1 saturated carbocycles. The molecule has 0 bridgehead atoms. The van der Waals surface area contributed by atoms with Gasteiger partial charge in [0.25, 0.3) is 0 Å². The van der Waals surface area contributed by atoms with Crippen LogP contribution < -0.4 is 4.74 Å². The third-order valence-corrected chi connectivity index (χ3v) is 2.77. The minimum Gasteiger partial charge on any atom is -0.488 e. The van der Waals surface area contributed by atoms with Crippen molar-refractivity contribution in [2.24, 2.45) is 0 Å². The van der Waals surface area contributed by atoms with Gasteiger partial charge in [0.2, 0.25) is 0 Å². The van der Waals surface area contributed by atoms with Gasteiger partial charge in [0.15, 0.2) is 0 Å². The van der Waals surface area contributed by atoms with E-state index in [0.29, 0.717) is 5.02 Å². The van der Waals surface area contributed by atoms with Gasteiger partial charge in [-0.15, -0.1) is 0 Å². The van der Waals surface area contributed by atoms with Crippen LogP contribution in [0.1, 0.15) is 19.3 Å². The Morgan fingerprint density at radius 1 is 1.21 bits per heavy atom. The van der Waals surface area contributed by atoms with Crippen molar-refractivity contribution in [3.8, 4) is 5.75 Å². The molecule has 1 fully saturated rings. The molecule has 3 heteroatoms. The van der Waals surface area contributed by atoms with E-state index in [1.165, 1.54) is 0 Å². The molecule has 0 amide bonds. The molecule has 2 rings (SSSR count). The van der Waals surface area contributed by atoms with Crippen LogP contribution >= 0.6 is 11.6 Å². The predicted octanol–water partition coefficient (Wildman–Crippen LogP) is 2.63. The van der Waals surface area contributed by atoms with Crippen LogP contribution in [-0.2, 0) is 0 Å². The second-order valence-corrected chi connectivity index (χ2v) is 4.04. The first-order valence-corrected chi connectivity index (χ1v) is 5.24. The highest BCUT2D eigenvalue weighted by Gasteiger charge is 2.26. The van der Waals surface area contributed by atoms with Crippen molar-refractivity contribution in [3.05, 3.63) is 29.3 Å². The van der Waals surface area contributed by atoms with Crippen LogP contribution in [0, 0.1) is 0 Å². The smallest absolute Gasteiger partial charge is 0.124 e. The summed E-state index contributed by atoms with van der Waals surface area (Å²) in [7, 11) is 0. The minimum absolute atomic E-state index is 0.0452. The minimum atomic E-state index is -0.314. The normalized spacial score (nSPS) is 26.4. The average molecular weight is 213 g/mol. The van der Waals surface area contributed by atoms with Gasteiger partial charge in [0.05, 0.1) is 6.10 Å². The summed E-state index contributed by atoms with van der Waals surface area (Å²) in [6.07, 6.45) is 2.46. The first-order chi connectivity index (χ1) is 6.75. The SMILES string of the molecule is O[C@@H]1CCC[C@H]1Oc1ccc(Cl)cc1. The lowest BCUT2D eigenvalue weighted by Gasteiger charge is -2.16. The molecular weight excluding hydrogens is 200 g/mol. The summed E-state index contributed by atoms with van der Waals surface area (Å²) in [5, 5.41) is 10.3. The summed E-state index contributed by atoms with van der Waals surface area (Å²) in [6.45, 7) is 0. The van der Waals surface area contributed by atoms with E-state index in [2.05, 4.69) is 0 Å². The molecule has 1 aliphatic carbocycles. The fourth-order valence-corrected chi connectivity index (χ4v) is 1.86. The standard InChI is InChI=1S/C11H13ClO2/c12-8-4-6-9(7-5-8)14-11-3-1-2-10(11)13/h4-7,10-11,13H,1-3H2/t10-,11-/m1/s1. The molecule has 0 aliphatic heterocycles. The number of hydrogen-bond donors (Lipinski definition) is 1. The number of aliphatic hydroxyl groups excluding tert-OH is 1. The molecule has 76 valence electrons. The second-order valence-electron chi connectivity index (χ2n) is 3.61.